The predicted molar refractivity (Wildman–Crippen MR) is 77.7 cm³/mol. The zero-order chi connectivity index (χ0) is 14.0. The molecule has 2 aromatic rings. The highest BCUT2D eigenvalue weighted by Crippen LogP contribution is 2.32. The molecule has 1 unspecified atom stereocenters. The Morgan fingerprint density at radius 2 is 1.95 bits per heavy atom. The maximum atomic E-state index is 10.3. The van der Waals surface area contributed by atoms with Crippen molar-refractivity contribution in [3.05, 3.63) is 51.3 Å². The van der Waals surface area contributed by atoms with Crippen LogP contribution in [0.25, 0.3) is 0 Å². The molecule has 0 aliphatic heterocycles. The van der Waals surface area contributed by atoms with Gasteiger partial charge in [0.15, 0.2) is 0 Å². The molecule has 2 rings (SSSR count). The molecule has 1 aromatic carbocycles. The van der Waals surface area contributed by atoms with Crippen molar-refractivity contribution in [2.45, 2.75) is 25.9 Å². The molecular weight excluding hydrogens is 283 g/mol. The van der Waals surface area contributed by atoms with E-state index < -0.39 is 6.10 Å². The molecule has 1 N–H and O–H groups in total. The van der Waals surface area contributed by atoms with Crippen LogP contribution in [0.4, 0.5) is 0 Å². The Hall–Kier alpha value is -1.03. The molecule has 0 aliphatic rings. The second-order valence-electron chi connectivity index (χ2n) is 4.46. The molecule has 0 saturated carbocycles. The fourth-order valence-electron chi connectivity index (χ4n) is 2.06. The third kappa shape index (κ3) is 3.11. The highest BCUT2D eigenvalue weighted by atomic mass is 35.5. The van der Waals surface area contributed by atoms with E-state index in [4.69, 9.17) is 23.2 Å². The predicted octanol–water partition coefficient (Wildman–Crippen LogP) is 3.57. The zero-order valence-electron chi connectivity index (χ0n) is 10.9. The summed E-state index contributed by atoms with van der Waals surface area (Å²) in [4.78, 5) is 0. The van der Waals surface area contributed by atoms with E-state index in [1.165, 1.54) is 0 Å². The van der Waals surface area contributed by atoms with Crippen molar-refractivity contribution in [3.63, 3.8) is 0 Å². The highest BCUT2D eigenvalue weighted by molar-refractivity contribution is 6.36. The van der Waals surface area contributed by atoms with Crippen molar-refractivity contribution in [1.29, 1.82) is 0 Å². The number of rotatable bonds is 4. The first-order valence-electron chi connectivity index (χ1n) is 6.16. The standard InChI is InChI=1S/C14H16Cl2N2O/c1-3-9-7-10(18(2)17-9)8-13(19)14-11(15)5-4-6-12(14)16/h4-7,13,19H,3,8H2,1-2H3. The molecule has 19 heavy (non-hydrogen) atoms. The Balaban J connectivity index is 2.25. The fourth-order valence-corrected chi connectivity index (χ4v) is 2.71. The quantitative estimate of drug-likeness (QED) is 0.937. The summed E-state index contributed by atoms with van der Waals surface area (Å²) in [6, 6.07) is 7.22. The first-order valence-corrected chi connectivity index (χ1v) is 6.92. The minimum Gasteiger partial charge on any atom is -0.388 e. The number of aryl methyl sites for hydroxylation is 2. The summed E-state index contributed by atoms with van der Waals surface area (Å²) in [6.45, 7) is 2.05. The smallest absolute Gasteiger partial charge is 0.0874 e. The largest absolute Gasteiger partial charge is 0.388 e. The van der Waals surface area contributed by atoms with Gasteiger partial charge in [-0.15, -0.1) is 0 Å². The molecule has 0 spiro atoms. The summed E-state index contributed by atoms with van der Waals surface area (Å²) in [5.74, 6) is 0. The molecule has 0 fully saturated rings. The van der Waals surface area contributed by atoms with Gasteiger partial charge < -0.3 is 5.11 Å². The number of halogens is 2. The summed E-state index contributed by atoms with van der Waals surface area (Å²) in [5, 5.41) is 15.7. The number of aliphatic hydroxyl groups is 1. The lowest BCUT2D eigenvalue weighted by Crippen LogP contribution is -2.07. The van der Waals surface area contributed by atoms with Gasteiger partial charge in [-0.2, -0.15) is 5.10 Å². The van der Waals surface area contributed by atoms with E-state index in [1.54, 1.807) is 22.9 Å². The van der Waals surface area contributed by atoms with Gasteiger partial charge in [-0.05, 0) is 24.6 Å². The summed E-state index contributed by atoms with van der Waals surface area (Å²) in [7, 11) is 1.87. The molecule has 1 aromatic heterocycles. The van der Waals surface area contributed by atoms with Gasteiger partial charge in [0.2, 0.25) is 0 Å². The molecule has 1 atom stereocenters. The average Bonchev–Trinajstić information content (AvgIpc) is 2.70. The van der Waals surface area contributed by atoms with Crippen molar-refractivity contribution < 1.29 is 5.11 Å². The van der Waals surface area contributed by atoms with E-state index in [0.29, 0.717) is 22.0 Å². The summed E-state index contributed by atoms with van der Waals surface area (Å²) >= 11 is 12.2. The molecule has 102 valence electrons. The van der Waals surface area contributed by atoms with E-state index in [-0.39, 0.29) is 0 Å². The second kappa shape index (κ2) is 5.95. The molecule has 0 radical (unpaired) electrons. The monoisotopic (exact) mass is 298 g/mol. The summed E-state index contributed by atoms with van der Waals surface area (Å²) in [6.07, 6.45) is 0.574. The van der Waals surface area contributed by atoms with Crippen LogP contribution in [-0.2, 0) is 19.9 Å². The first kappa shape index (κ1) is 14.4. The van der Waals surface area contributed by atoms with Crippen LogP contribution in [0.3, 0.4) is 0 Å². The SMILES string of the molecule is CCc1cc(CC(O)c2c(Cl)cccc2Cl)n(C)n1. The van der Waals surface area contributed by atoms with Gasteiger partial charge in [-0.1, -0.05) is 36.2 Å². The van der Waals surface area contributed by atoms with E-state index in [9.17, 15) is 5.11 Å². The van der Waals surface area contributed by atoms with E-state index >= 15 is 0 Å². The molecule has 5 heteroatoms. The third-order valence-electron chi connectivity index (χ3n) is 3.12. The molecular formula is C14H16Cl2N2O. The Morgan fingerprint density at radius 3 is 2.47 bits per heavy atom. The first-order chi connectivity index (χ1) is 9.02. The highest BCUT2D eigenvalue weighted by Gasteiger charge is 2.17. The van der Waals surface area contributed by atoms with E-state index in [1.807, 2.05) is 20.0 Å². The molecule has 0 amide bonds. The third-order valence-corrected chi connectivity index (χ3v) is 3.78. The van der Waals surface area contributed by atoms with Crippen LogP contribution in [0.5, 0.6) is 0 Å². The van der Waals surface area contributed by atoms with Crippen LogP contribution >= 0.6 is 23.2 Å². The summed E-state index contributed by atoms with van der Waals surface area (Å²) < 4.78 is 1.78. The topological polar surface area (TPSA) is 38.0 Å². The lowest BCUT2D eigenvalue weighted by atomic mass is 10.0. The van der Waals surface area contributed by atoms with Crippen molar-refractivity contribution in [1.82, 2.24) is 9.78 Å². The maximum absolute atomic E-state index is 10.3. The zero-order valence-corrected chi connectivity index (χ0v) is 12.4. The number of aliphatic hydroxyl groups excluding tert-OH is 1. The molecule has 3 nitrogen and oxygen atoms in total. The van der Waals surface area contributed by atoms with Crippen LogP contribution < -0.4 is 0 Å². The van der Waals surface area contributed by atoms with Crippen LogP contribution in [0.1, 0.15) is 30.0 Å². The molecule has 0 bridgehead atoms. The van der Waals surface area contributed by atoms with Gasteiger partial charge in [-0.3, -0.25) is 4.68 Å². The van der Waals surface area contributed by atoms with Crippen molar-refractivity contribution in [3.8, 4) is 0 Å². The number of nitrogens with zero attached hydrogens (tertiary/aromatic N) is 2. The maximum Gasteiger partial charge on any atom is 0.0874 e. The Kier molecular flexibility index (Phi) is 4.50. The van der Waals surface area contributed by atoms with Crippen LogP contribution in [-0.4, -0.2) is 14.9 Å². The van der Waals surface area contributed by atoms with Gasteiger partial charge >= 0.3 is 0 Å². The second-order valence-corrected chi connectivity index (χ2v) is 5.27. The van der Waals surface area contributed by atoms with Gasteiger partial charge in [0.1, 0.15) is 0 Å². The molecule has 0 saturated heterocycles. The van der Waals surface area contributed by atoms with Gasteiger partial charge in [0.25, 0.3) is 0 Å². The summed E-state index contributed by atoms with van der Waals surface area (Å²) in [5.41, 5.74) is 2.54. The Labute approximate surface area is 122 Å². The minimum atomic E-state index is -0.735. The van der Waals surface area contributed by atoms with E-state index in [2.05, 4.69) is 5.10 Å². The number of hydrogen-bond donors (Lipinski definition) is 1. The van der Waals surface area contributed by atoms with Crippen molar-refractivity contribution >= 4 is 23.2 Å². The lowest BCUT2D eigenvalue weighted by Gasteiger charge is -2.14. The minimum absolute atomic E-state index is 0.437. The average molecular weight is 299 g/mol. The van der Waals surface area contributed by atoms with Crippen molar-refractivity contribution in [2.75, 3.05) is 0 Å². The number of hydrogen-bond acceptors (Lipinski definition) is 2. The lowest BCUT2D eigenvalue weighted by molar-refractivity contribution is 0.176. The Morgan fingerprint density at radius 1 is 1.32 bits per heavy atom. The number of aromatic nitrogens is 2. The van der Waals surface area contributed by atoms with Crippen LogP contribution in [0.2, 0.25) is 10.0 Å². The molecule has 0 aliphatic carbocycles. The normalized spacial score (nSPS) is 12.7. The fraction of sp³-hybridized carbons (Fsp3) is 0.357. The van der Waals surface area contributed by atoms with Gasteiger partial charge in [-0.25, -0.2) is 0 Å². The van der Waals surface area contributed by atoms with Crippen LogP contribution in [0, 0.1) is 0 Å². The van der Waals surface area contributed by atoms with Gasteiger partial charge in [0, 0.05) is 34.8 Å². The number of benzene rings is 1. The Bertz CT molecular complexity index is 561. The van der Waals surface area contributed by atoms with Crippen LogP contribution in [0.15, 0.2) is 24.3 Å². The van der Waals surface area contributed by atoms with Crippen molar-refractivity contribution in [2.24, 2.45) is 7.05 Å². The van der Waals surface area contributed by atoms with E-state index in [0.717, 1.165) is 17.8 Å². The molecule has 1 heterocycles. The van der Waals surface area contributed by atoms with Gasteiger partial charge in [0.05, 0.1) is 11.8 Å².